The number of hydrogen-bond donors (Lipinski definition) is 2. The number of methoxy groups -OCH3 is 1. The number of para-hydroxylation sites is 1. The Balaban J connectivity index is 2.02. The van der Waals surface area contributed by atoms with Crippen LogP contribution in [-0.4, -0.2) is 18.8 Å². The molecule has 0 aliphatic heterocycles. The third-order valence-electron chi connectivity index (χ3n) is 3.47. The highest BCUT2D eigenvalue weighted by Gasteiger charge is 2.34. The summed E-state index contributed by atoms with van der Waals surface area (Å²) in [5.41, 5.74) is -0.0783. The molecule has 0 aliphatic rings. The van der Waals surface area contributed by atoms with Crippen LogP contribution in [0.2, 0.25) is 0 Å². The van der Waals surface area contributed by atoms with Gasteiger partial charge in [0.1, 0.15) is 5.75 Å². The first-order valence-electron chi connectivity index (χ1n) is 7.10. The molecule has 0 spiro atoms. The SMILES string of the molecule is COc1ccccc1CNC[C@@H](O)c1ccccc1C(F)(F)F. The standard InChI is InChI=1S/C17H18F3NO2/c1-23-16-9-5-2-6-12(16)10-21-11-15(22)13-7-3-4-8-14(13)17(18,19)20/h2-9,15,21-22H,10-11H2,1H3/t15-/m1/s1. The average molecular weight is 325 g/mol. The Morgan fingerprint density at radius 2 is 1.74 bits per heavy atom. The topological polar surface area (TPSA) is 41.5 Å². The number of benzene rings is 2. The zero-order chi connectivity index (χ0) is 16.9. The van der Waals surface area contributed by atoms with E-state index in [-0.39, 0.29) is 12.1 Å². The van der Waals surface area contributed by atoms with Crippen molar-refractivity contribution in [2.24, 2.45) is 0 Å². The number of rotatable bonds is 6. The minimum absolute atomic E-state index is 0.00510. The van der Waals surface area contributed by atoms with Crippen molar-refractivity contribution in [2.45, 2.75) is 18.8 Å². The zero-order valence-corrected chi connectivity index (χ0v) is 12.6. The number of ether oxygens (including phenoxy) is 1. The highest BCUT2D eigenvalue weighted by molar-refractivity contribution is 5.33. The largest absolute Gasteiger partial charge is 0.496 e. The molecule has 3 nitrogen and oxygen atoms in total. The van der Waals surface area contributed by atoms with E-state index in [1.807, 2.05) is 18.2 Å². The summed E-state index contributed by atoms with van der Waals surface area (Å²) in [4.78, 5) is 0. The van der Waals surface area contributed by atoms with E-state index in [0.717, 1.165) is 11.6 Å². The minimum Gasteiger partial charge on any atom is -0.496 e. The third-order valence-corrected chi connectivity index (χ3v) is 3.47. The molecular weight excluding hydrogens is 307 g/mol. The normalized spacial score (nSPS) is 12.9. The fourth-order valence-corrected chi connectivity index (χ4v) is 2.35. The molecular formula is C17H18F3NO2. The van der Waals surface area contributed by atoms with E-state index in [2.05, 4.69) is 5.32 Å². The maximum atomic E-state index is 12.9. The van der Waals surface area contributed by atoms with Crippen molar-refractivity contribution < 1.29 is 23.0 Å². The van der Waals surface area contributed by atoms with Gasteiger partial charge in [0.15, 0.2) is 0 Å². The van der Waals surface area contributed by atoms with Crippen molar-refractivity contribution in [3.05, 3.63) is 65.2 Å². The van der Waals surface area contributed by atoms with E-state index >= 15 is 0 Å². The monoisotopic (exact) mass is 325 g/mol. The van der Waals surface area contributed by atoms with Crippen molar-refractivity contribution in [2.75, 3.05) is 13.7 Å². The fraction of sp³-hybridized carbons (Fsp3) is 0.294. The van der Waals surface area contributed by atoms with E-state index in [1.165, 1.54) is 18.2 Å². The summed E-state index contributed by atoms with van der Waals surface area (Å²) in [6.07, 6.45) is -5.73. The Bertz CT molecular complexity index is 644. The van der Waals surface area contributed by atoms with Crippen molar-refractivity contribution in [1.82, 2.24) is 5.32 Å². The van der Waals surface area contributed by atoms with Gasteiger partial charge in [0, 0.05) is 18.7 Å². The van der Waals surface area contributed by atoms with Crippen LogP contribution in [0, 0.1) is 0 Å². The maximum Gasteiger partial charge on any atom is 0.416 e. The van der Waals surface area contributed by atoms with Crippen LogP contribution in [0.4, 0.5) is 13.2 Å². The summed E-state index contributed by atoms with van der Waals surface area (Å²) in [6.45, 7) is 0.389. The Labute approximate surface area is 132 Å². The lowest BCUT2D eigenvalue weighted by Gasteiger charge is -2.18. The molecule has 0 amide bonds. The number of hydrogen-bond acceptors (Lipinski definition) is 3. The van der Waals surface area contributed by atoms with Gasteiger partial charge in [0.25, 0.3) is 0 Å². The summed E-state index contributed by atoms with van der Waals surface area (Å²) < 4.78 is 44.0. The van der Waals surface area contributed by atoms with Crippen molar-refractivity contribution in [3.8, 4) is 5.75 Å². The molecule has 0 radical (unpaired) electrons. The van der Waals surface area contributed by atoms with Crippen LogP contribution < -0.4 is 10.1 Å². The van der Waals surface area contributed by atoms with Crippen LogP contribution in [0.15, 0.2) is 48.5 Å². The van der Waals surface area contributed by atoms with Crippen LogP contribution in [0.5, 0.6) is 5.75 Å². The first-order chi connectivity index (χ1) is 10.9. The molecule has 2 aromatic rings. The first kappa shape index (κ1) is 17.3. The van der Waals surface area contributed by atoms with Gasteiger partial charge in [-0.25, -0.2) is 0 Å². The summed E-state index contributed by atoms with van der Waals surface area (Å²) in [7, 11) is 1.55. The lowest BCUT2D eigenvalue weighted by molar-refractivity contribution is -0.139. The van der Waals surface area contributed by atoms with E-state index in [9.17, 15) is 18.3 Å². The second-order valence-corrected chi connectivity index (χ2v) is 5.04. The minimum atomic E-state index is -4.49. The van der Waals surface area contributed by atoms with Gasteiger partial charge < -0.3 is 15.2 Å². The molecule has 0 saturated heterocycles. The molecule has 0 aromatic heterocycles. The second kappa shape index (κ2) is 7.48. The van der Waals surface area contributed by atoms with Gasteiger partial charge in [0.2, 0.25) is 0 Å². The second-order valence-electron chi connectivity index (χ2n) is 5.04. The summed E-state index contributed by atoms with van der Waals surface area (Å²) in [6, 6.07) is 12.4. The van der Waals surface area contributed by atoms with E-state index in [1.54, 1.807) is 13.2 Å². The van der Waals surface area contributed by atoms with Gasteiger partial charge in [0.05, 0.1) is 18.8 Å². The Morgan fingerprint density at radius 3 is 2.43 bits per heavy atom. The lowest BCUT2D eigenvalue weighted by Crippen LogP contribution is -2.23. The molecule has 2 aromatic carbocycles. The van der Waals surface area contributed by atoms with Crippen molar-refractivity contribution >= 4 is 0 Å². The number of aliphatic hydroxyl groups excluding tert-OH is 1. The van der Waals surface area contributed by atoms with E-state index in [0.29, 0.717) is 12.3 Å². The molecule has 0 heterocycles. The molecule has 0 saturated carbocycles. The van der Waals surface area contributed by atoms with Crippen molar-refractivity contribution in [3.63, 3.8) is 0 Å². The molecule has 0 unspecified atom stereocenters. The Morgan fingerprint density at radius 1 is 1.09 bits per heavy atom. The predicted molar refractivity (Wildman–Crippen MR) is 81.1 cm³/mol. The van der Waals surface area contributed by atoms with Crippen LogP contribution >= 0.6 is 0 Å². The zero-order valence-electron chi connectivity index (χ0n) is 12.6. The molecule has 1 atom stereocenters. The lowest BCUT2D eigenvalue weighted by atomic mass is 10.0. The molecule has 0 aliphatic carbocycles. The van der Waals surface area contributed by atoms with Crippen LogP contribution in [0.1, 0.15) is 22.8 Å². The van der Waals surface area contributed by atoms with Crippen molar-refractivity contribution in [1.29, 1.82) is 0 Å². The summed E-state index contributed by atoms with van der Waals surface area (Å²) in [5.74, 6) is 0.685. The molecule has 0 bridgehead atoms. The van der Waals surface area contributed by atoms with E-state index in [4.69, 9.17) is 4.74 Å². The average Bonchev–Trinajstić information content (AvgIpc) is 2.54. The molecule has 6 heteroatoms. The summed E-state index contributed by atoms with van der Waals surface area (Å²) >= 11 is 0. The molecule has 2 N–H and O–H groups in total. The van der Waals surface area contributed by atoms with E-state index < -0.39 is 17.8 Å². The van der Waals surface area contributed by atoms with Gasteiger partial charge >= 0.3 is 6.18 Å². The smallest absolute Gasteiger partial charge is 0.416 e. The van der Waals surface area contributed by atoms with Gasteiger partial charge in [-0.15, -0.1) is 0 Å². The number of alkyl halides is 3. The van der Waals surface area contributed by atoms with Crippen LogP contribution in [-0.2, 0) is 12.7 Å². The Hall–Kier alpha value is -2.05. The summed E-state index contributed by atoms with van der Waals surface area (Å²) in [5, 5.41) is 13.0. The third kappa shape index (κ3) is 4.46. The van der Waals surface area contributed by atoms with Gasteiger partial charge in [-0.1, -0.05) is 36.4 Å². The quantitative estimate of drug-likeness (QED) is 0.854. The number of nitrogens with one attached hydrogen (secondary N) is 1. The highest BCUT2D eigenvalue weighted by atomic mass is 19.4. The van der Waals surface area contributed by atoms with Gasteiger partial charge in [-0.3, -0.25) is 0 Å². The first-order valence-corrected chi connectivity index (χ1v) is 7.10. The molecule has 2 rings (SSSR count). The molecule has 0 fully saturated rings. The molecule has 23 heavy (non-hydrogen) atoms. The maximum absolute atomic E-state index is 12.9. The molecule has 124 valence electrons. The van der Waals surface area contributed by atoms with Gasteiger partial charge in [-0.2, -0.15) is 13.2 Å². The fourth-order valence-electron chi connectivity index (χ4n) is 2.35. The van der Waals surface area contributed by atoms with Gasteiger partial charge in [-0.05, 0) is 17.7 Å². The van der Waals surface area contributed by atoms with Crippen LogP contribution in [0.3, 0.4) is 0 Å². The van der Waals surface area contributed by atoms with Crippen LogP contribution in [0.25, 0.3) is 0 Å². The predicted octanol–water partition coefficient (Wildman–Crippen LogP) is 3.54. The highest BCUT2D eigenvalue weighted by Crippen LogP contribution is 2.34. The number of aliphatic hydroxyl groups is 1. The Kier molecular flexibility index (Phi) is 5.63. The number of halogens is 3.